The van der Waals surface area contributed by atoms with E-state index in [1.54, 1.807) is 4.68 Å². The van der Waals surface area contributed by atoms with Crippen LogP contribution in [0.2, 0.25) is 0 Å². The van der Waals surface area contributed by atoms with E-state index in [9.17, 15) is 9.59 Å². The molecule has 2 aromatic heterocycles. The molecule has 0 aliphatic carbocycles. The molecule has 6 rings (SSSR count). The zero-order valence-corrected chi connectivity index (χ0v) is 20.1. The molecule has 0 saturated carbocycles. The first-order valence-corrected chi connectivity index (χ1v) is 12.6. The van der Waals surface area contributed by atoms with Gasteiger partial charge in [-0.2, -0.15) is 10.1 Å². The van der Waals surface area contributed by atoms with Gasteiger partial charge in [-0.05, 0) is 54.9 Å². The molecule has 2 aliphatic heterocycles. The van der Waals surface area contributed by atoms with Crippen molar-refractivity contribution >= 4 is 45.8 Å². The lowest BCUT2D eigenvalue weighted by Crippen LogP contribution is -2.40. The van der Waals surface area contributed by atoms with Crippen LogP contribution in [0.4, 0.5) is 0 Å². The number of amidine groups is 1. The predicted octanol–water partition coefficient (Wildman–Crippen LogP) is 4.45. The first-order chi connectivity index (χ1) is 17.5. The van der Waals surface area contributed by atoms with Gasteiger partial charge in [-0.1, -0.05) is 36.4 Å². The standard InChI is InChI=1S/C27H23N5O3S/c28-25(33)17-10-12-31(13-11-17)27-29-26(34)23(36-27)15-19-16-32(20-7-2-1-3-8-20)30-24(19)22-14-18-6-4-5-9-21(18)35-22/h1-9,14-17H,10-13H2,(H2,28,33)/b23-15-. The Balaban J connectivity index is 1.33. The minimum atomic E-state index is -0.282. The van der Waals surface area contributed by atoms with Gasteiger partial charge < -0.3 is 15.1 Å². The van der Waals surface area contributed by atoms with Gasteiger partial charge in [0.1, 0.15) is 11.3 Å². The lowest BCUT2D eigenvalue weighted by atomic mass is 9.97. The molecular formula is C27H23N5O3S. The van der Waals surface area contributed by atoms with Gasteiger partial charge in [0.05, 0.1) is 10.6 Å². The quantitative estimate of drug-likeness (QED) is 0.418. The summed E-state index contributed by atoms with van der Waals surface area (Å²) >= 11 is 1.35. The summed E-state index contributed by atoms with van der Waals surface area (Å²) in [5, 5.41) is 6.46. The maximum atomic E-state index is 12.8. The molecule has 8 nitrogen and oxygen atoms in total. The van der Waals surface area contributed by atoms with E-state index >= 15 is 0 Å². The number of aliphatic imine (C=N–C) groups is 1. The third-order valence-corrected chi connectivity index (χ3v) is 7.53. The molecule has 2 aliphatic rings. The van der Waals surface area contributed by atoms with Crippen LogP contribution in [0.5, 0.6) is 0 Å². The van der Waals surface area contributed by atoms with Gasteiger partial charge >= 0.3 is 0 Å². The first kappa shape index (κ1) is 22.4. The smallest absolute Gasteiger partial charge is 0.286 e. The highest BCUT2D eigenvalue weighted by molar-refractivity contribution is 8.18. The summed E-state index contributed by atoms with van der Waals surface area (Å²) < 4.78 is 7.90. The number of benzene rings is 2. The number of likely N-dealkylation sites (tertiary alicyclic amines) is 1. The van der Waals surface area contributed by atoms with Crippen LogP contribution >= 0.6 is 11.8 Å². The molecule has 1 saturated heterocycles. The molecule has 1 fully saturated rings. The monoisotopic (exact) mass is 497 g/mol. The molecule has 2 amide bonds. The topological polar surface area (TPSA) is 107 Å². The number of aromatic nitrogens is 2. The lowest BCUT2D eigenvalue weighted by Gasteiger charge is -2.31. The molecule has 0 spiro atoms. The number of para-hydroxylation sites is 2. The highest BCUT2D eigenvalue weighted by atomic mass is 32.2. The Kier molecular flexibility index (Phi) is 5.69. The van der Waals surface area contributed by atoms with E-state index in [1.807, 2.05) is 72.9 Å². The summed E-state index contributed by atoms with van der Waals surface area (Å²) in [6, 6.07) is 19.6. The number of hydrogen-bond acceptors (Lipinski definition) is 6. The average Bonchev–Trinajstić information content (AvgIpc) is 3.61. The summed E-state index contributed by atoms with van der Waals surface area (Å²) in [6.07, 6.45) is 5.06. The highest BCUT2D eigenvalue weighted by Gasteiger charge is 2.31. The van der Waals surface area contributed by atoms with Crippen LogP contribution in [-0.2, 0) is 9.59 Å². The normalized spacial score (nSPS) is 17.8. The van der Waals surface area contributed by atoms with Crippen molar-refractivity contribution in [1.82, 2.24) is 14.7 Å². The molecule has 9 heteroatoms. The second-order valence-electron chi connectivity index (χ2n) is 8.84. The number of amides is 2. The molecule has 4 aromatic rings. The maximum Gasteiger partial charge on any atom is 0.286 e. The number of carbonyl (C=O) groups is 2. The zero-order valence-electron chi connectivity index (χ0n) is 19.3. The number of nitrogens with two attached hydrogens (primary N) is 1. The Bertz CT molecular complexity index is 1490. The minimum absolute atomic E-state index is 0.117. The van der Waals surface area contributed by atoms with Gasteiger partial charge in [0.2, 0.25) is 5.91 Å². The molecule has 4 heterocycles. The average molecular weight is 498 g/mol. The van der Waals surface area contributed by atoms with E-state index in [0.29, 0.717) is 47.5 Å². The van der Waals surface area contributed by atoms with Crippen LogP contribution in [-0.4, -0.2) is 44.8 Å². The van der Waals surface area contributed by atoms with E-state index < -0.39 is 0 Å². The lowest BCUT2D eigenvalue weighted by molar-refractivity contribution is -0.123. The SMILES string of the molecule is NC(=O)C1CCN(C2=NC(=O)/C(=C/c3cn(-c4ccccc4)nc3-c3cc4ccccc4o3)S2)CC1. The maximum absolute atomic E-state index is 12.8. The summed E-state index contributed by atoms with van der Waals surface area (Å²) in [5.41, 5.74) is 8.54. The zero-order chi connectivity index (χ0) is 24.6. The fourth-order valence-electron chi connectivity index (χ4n) is 4.53. The predicted molar refractivity (Wildman–Crippen MR) is 140 cm³/mol. The summed E-state index contributed by atoms with van der Waals surface area (Å²) in [6.45, 7) is 1.30. The molecule has 0 radical (unpaired) electrons. The van der Waals surface area contributed by atoms with Crippen LogP contribution < -0.4 is 5.73 Å². The number of thioether (sulfide) groups is 1. The van der Waals surface area contributed by atoms with Crippen molar-refractivity contribution < 1.29 is 14.0 Å². The molecule has 0 bridgehead atoms. The van der Waals surface area contributed by atoms with Crippen LogP contribution in [0.15, 0.2) is 81.2 Å². The van der Waals surface area contributed by atoms with Crippen molar-refractivity contribution in [3.63, 3.8) is 0 Å². The third kappa shape index (κ3) is 4.22. The summed E-state index contributed by atoms with van der Waals surface area (Å²) in [5.74, 6) is -0.0343. The van der Waals surface area contributed by atoms with Gasteiger partial charge in [0.15, 0.2) is 10.9 Å². The molecule has 0 atom stereocenters. The summed E-state index contributed by atoms with van der Waals surface area (Å²) in [4.78, 5) is 31.2. The van der Waals surface area contributed by atoms with Gasteiger partial charge in [-0.3, -0.25) is 9.59 Å². The fraction of sp³-hybridized carbons (Fsp3) is 0.185. The van der Waals surface area contributed by atoms with E-state index in [-0.39, 0.29) is 17.7 Å². The Morgan fingerprint density at radius 2 is 1.83 bits per heavy atom. The number of rotatable bonds is 4. The van der Waals surface area contributed by atoms with Gasteiger partial charge in [-0.25, -0.2) is 4.68 Å². The number of primary amides is 1. The Morgan fingerprint density at radius 1 is 1.08 bits per heavy atom. The van der Waals surface area contributed by atoms with E-state index in [2.05, 4.69) is 9.89 Å². The van der Waals surface area contributed by atoms with Crippen molar-refractivity contribution in [2.75, 3.05) is 13.1 Å². The second-order valence-corrected chi connectivity index (χ2v) is 9.84. The number of fused-ring (bicyclic) bond motifs is 1. The molecule has 180 valence electrons. The van der Waals surface area contributed by atoms with Crippen molar-refractivity contribution in [3.05, 3.63) is 77.3 Å². The second kappa shape index (κ2) is 9.16. The molecular weight excluding hydrogens is 474 g/mol. The van der Waals surface area contributed by atoms with Crippen LogP contribution in [0.3, 0.4) is 0 Å². The Hall–Kier alpha value is -4.11. The molecule has 36 heavy (non-hydrogen) atoms. The first-order valence-electron chi connectivity index (χ1n) is 11.8. The van der Waals surface area contributed by atoms with Gasteiger partial charge in [-0.15, -0.1) is 0 Å². The number of nitrogens with zero attached hydrogens (tertiary/aromatic N) is 4. The van der Waals surface area contributed by atoms with Crippen LogP contribution in [0, 0.1) is 5.92 Å². The number of piperidine rings is 1. The number of hydrogen-bond donors (Lipinski definition) is 1. The van der Waals surface area contributed by atoms with E-state index in [1.165, 1.54) is 11.8 Å². The van der Waals surface area contributed by atoms with Crippen LogP contribution in [0.25, 0.3) is 34.2 Å². The van der Waals surface area contributed by atoms with Crippen molar-refractivity contribution in [3.8, 4) is 17.1 Å². The molecule has 0 unspecified atom stereocenters. The van der Waals surface area contributed by atoms with E-state index in [0.717, 1.165) is 22.2 Å². The van der Waals surface area contributed by atoms with Crippen molar-refractivity contribution in [2.45, 2.75) is 12.8 Å². The van der Waals surface area contributed by atoms with Gasteiger partial charge in [0, 0.05) is 36.2 Å². The minimum Gasteiger partial charge on any atom is -0.454 e. The van der Waals surface area contributed by atoms with Gasteiger partial charge in [0.25, 0.3) is 5.91 Å². The highest BCUT2D eigenvalue weighted by Crippen LogP contribution is 2.35. The van der Waals surface area contributed by atoms with Crippen molar-refractivity contribution in [2.24, 2.45) is 16.6 Å². The largest absolute Gasteiger partial charge is 0.454 e. The number of carbonyl (C=O) groups excluding carboxylic acids is 2. The molecule has 2 N–H and O–H groups in total. The van der Waals surface area contributed by atoms with E-state index in [4.69, 9.17) is 15.2 Å². The van der Waals surface area contributed by atoms with Crippen molar-refractivity contribution in [1.29, 1.82) is 0 Å². The fourth-order valence-corrected chi connectivity index (χ4v) is 5.48. The number of furan rings is 1. The summed E-state index contributed by atoms with van der Waals surface area (Å²) in [7, 11) is 0. The third-order valence-electron chi connectivity index (χ3n) is 6.49. The molecule has 2 aromatic carbocycles. The van der Waals surface area contributed by atoms with Crippen LogP contribution in [0.1, 0.15) is 18.4 Å². The Labute approximate surface area is 211 Å². The Morgan fingerprint density at radius 3 is 2.58 bits per heavy atom.